The van der Waals surface area contributed by atoms with Crippen molar-refractivity contribution in [2.24, 2.45) is 11.1 Å². The first-order valence-electron chi connectivity index (χ1n) is 15.2. The van der Waals surface area contributed by atoms with Gasteiger partial charge in [0.2, 0.25) is 5.91 Å². The van der Waals surface area contributed by atoms with Crippen molar-refractivity contribution in [3.05, 3.63) is 70.1 Å². The van der Waals surface area contributed by atoms with Crippen LogP contribution in [0.4, 0.5) is 17.2 Å². The summed E-state index contributed by atoms with van der Waals surface area (Å²) in [7, 11) is 1.54. The molecule has 0 bridgehead atoms. The fourth-order valence-corrected chi connectivity index (χ4v) is 3.69. The van der Waals surface area contributed by atoms with Crippen molar-refractivity contribution in [3.63, 3.8) is 0 Å². The second kappa shape index (κ2) is 20.7. The standard InChI is InChI=1S/C22H34N6O2.C8H10N2.2C2H4O2/c1-14(2)27-20-21(30)28(13-19(29)24-6)18(12-26-20)15-9-16(23)11-17(10-15)25-8-7-22(3,4)5;1-6-2-4-7(5-3-6)8(9)10;2*1-2(3)4/h9-12,14,25H,7-8,13,23H2,1-6H3,(H,24,29)(H,26,27);2-5H,1H3,(H3,9,10);2*1H3,(H,3,4). The lowest BCUT2D eigenvalue weighted by Crippen LogP contribution is -2.33. The number of hydrogen-bond donors (Lipinski definition) is 8. The number of anilines is 3. The Bertz CT molecular complexity index is 1540. The van der Waals surface area contributed by atoms with E-state index in [1.54, 1.807) is 19.3 Å². The molecule has 0 aliphatic heterocycles. The van der Waals surface area contributed by atoms with E-state index in [1.165, 1.54) is 10.1 Å². The quantitative estimate of drug-likeness (QED) is 0.0905. The molecule has 0 saturated carbocycles. The van der Waals surface area contributed by atoms with Crippen LogP contribution in [0.1, 0.15) is 66.0 Å². The van der Waals surface area contributed by atoms with E-state index in [4.69, 9.17) is 36.7 Å². The summed E-state index contributed by atoms with van der Waals surface area (Å²) in [6.45, 7) is 15.3. The molecule has 0 fully saturated rings. The molecule has 0 aliphatic carbocycles. The molecule has 264 valence electrons. The summed E-state index contributed by atoms with van der Waals surface area (Å²) in [5, 5.41) is 30.9. The number of amidine groups is 1. The second-order valence-corrected chi connectivity index (χ2v) is 12.3. The smallest absolute Gasteiger partial charge is 0.300 e. The number of carboxylic acids is 2. The molecule has 0 aliphatic rings. The number of aliphatic carboxylic acids is 2. The zero-order chi connectivity index (χ0) is 37.2. The van der Waals surface area contributed by atoms with Gasteiger partial charge in [0.25, 0.3) is 17.5 Å². The summed E-state index contributed by atoms with van der Waals surface area (Å²) >= 11 is 0. The van der Waals surface area contributed by atoms with E-state index in [0.29, 0.717) is 11.4 Å². The lowest BCUT2D eigenvalue weighted by molar-refractivity contribution is -0.135. The molecule has 0 atom stereocenters. The van der Waals surface area contributed by atoms with Crippen molar-refractivity contribution in [2.45, 2.75) is 74.4 Å². The van der Waals surface area contributed by atoms with Crippen LogP contribution in [0.15, 0.2) is 53.5 Å². The highest BCUT2D eigenvalue weighted by molar-refractivity contribution is 5.94. The van der Waals surface area contributed by atoms with Crippen LogP contribution in [0.25, 0.3) is 11.3 Å². The Balaban J connectivity index is 0.000000997. The predicted octanol–water partition coefficient (Wildman–Crippen LogP) is 4.37. The molecule has 0 spiro atoms. The van der Waals surface area contributed by atoms with Crippen LogP contribution in [0.3, 0.4) is 0 Å². The van der Waals surface area contributed by atoms with Gasteiger partial charge in [-0.05, 0) is 50.8 Å². The summed E-state index contributed by atoms with van der Waals surface area (Å²) in [5.41, 5.74) is 15.9. The third kappa shape index (κ3) is 18.5. The number of carbonyl (C=O) groups is 3. The van der Waals surface area contributed by atoms with Crippen molar-refractivity contribution < 1.29 is 24.6 Å². The molecular weight excluding hydrogens is 616 g/mol. The number of aryl methyl sites for hydroxylation is 1. The number of nitrogen functional groups attached to an aromatic ring is 2. The number of nitrogens with zero attached hydrogens (tertiary/aromatic N) is 2. The van der Waals surface area contributed by atoms with E-state index in [-0.39, 0.29) is 41.1 Å². The Kier molecular flexibility index (Phi) is 18.3. The van der Waals surface area contributed by atoms with Gasteiger partial charge in [0.1, 0.15) is 12.4 Å². The Morgan fingerprint density at radius 1 is 1.02 bits per heavy atom. The van der Waals surface area contributed by atoms with Gasteiger partial charge >= 0.3 is 0 Å². The van der Waals surface area contributed by atoms with Crippen molar-refractivity contribution in [1.82, 2.24) is 14.9 Å². The molecule has 10 N–H and O–H groups in total. The molecule has 0 saturated heterocycles. The number of amides is 1. The number of carbonyl (C=O) groups excluding carboxylic acids is 1. The Labute approximate surface area is 282 Å². The summed E-state index contributed by atoms with van der Waals surface area (Å²) in [5.74, 6) is -1.60. The summed E-state index contributed by atoms with van der Waals surface area (Å²) < 4.78 is 1.42. The van der Waals surface area contributed by atoms with E-state index in [0.717, 1.165) is 43.6 Å². The molecule has 0 unspecified atom stereocenters. The van der Waals surface area contributed by atoms with E-state index >= 15 is 0 Å². The molecule has 3 aromatic rings. The van der Waals surface area contributed by atoms with Crippen LogP contribution in [0, 0.1) is 17.7 Å². The van der Waals surface area contributed by atoms with Crippen LogP contribution in [-0.4, -0.2) is 63.1 Å². The maximum atomic E-state index is 13.0. The molecule has 14 heteroatoms. The highest BCUT2D eigenvalue weighted by Crippen LogP contribution is 2.26. The molecule has 1 heterocycles. The van der Waals surface area contributed by atoms with Crippen molar-refractivity contribution in [3.8, 4) is 11.3 Å². The first kappa shape index (κ1) is 42.6. The lowest BCUT2D eigenvalue weighted by atomic mass is 9.92. The van der Waals surface area contributed by atoms with Crippen LogP contribution < -0.4 is 33.0 Å². The number of hydrogen-bond acceptors (Lipinski definition) is 9. The average molecular weight is 669 g/mol. The zero-order valence-electron chi connectivity index (χ0n) is 29.4. The predicted molar refractivity (Wildman–Crippen MR) is 193 cm³/mol. The fraction of sp³-hybridized carbons (Fsp3) is 0.412. The molecule has 0 radical (unpaired) electrons. The van der Waals surface area contributed by atoms with E-state index in [1.807, 2.05) is 57.2 Å². The van der Waals surface area contributed by atoms with Crippen molar-refractivity contribution >= 4 is 40.9 Å². The monoisotopic (exact) mass is 668 g/mol. The van der Waals surface area contributed by atoms with Gasteiger partial charge < -0.3 is 37.6 Å². The van der Waals surface area contributed by atoms with Gasteiger partial charge in [-0.3, -0.25) is 29.2 Å². The zero-order valence-corrected chi connectivity index (χ0v) is 29.4. The normalized spacial score (nSPS) is 10.1. The largest absolute Gasteiger partial charge is 0.481 e. The fourth-order valence-electron chi connectivity index (χ4n) is 3.69. The van der Waals surface area contributed by atoms with Gasteiger partial charge in [-0.2, -0.15) is 0 Å². The maximum absolute atomic E-state index is 13.0. The van der Waals surface area contributed by atoms with Crippen LogP contribution in [-0.2, 0) is 20.9 Å². The van der Waals surface area contributed by atoms with E-state index in [9.17, 15) is 9.59 Å². The third-order valence-electron chi connectivity index (χ3n) is 5.88. The number of nitrogens with two attached hydrogens (primary N) is 2. The maximum Gasteiger partial charge on any atom is 0.300 e. The molecule has 14 nitrogen and oxygen atoms in total. The van der Waals surface area contributed by atoms with Crippen molar-refractivity contribution in [1.29, 1.82) is 5.41 Å². The van der Waals surface area contributed by atoms with E-state index in [2.05, 4.69) is 41.7 Å². The highest BCUT2D eigenvalue weighted by Gasteiger charge is 2.16. The topological polar surface area (TPSA) is 239 Å². The summed E-state index contributed by atoms with van der Waals surface area (Å²) in [6.07, 6.45) is 2.60. The lowest BCUT2D eigenvalue weighted by Gasteiger charge is -2.19. The number of benzene rings is 2. The molecule has 2 aromatic carbocycles. The number of carboxylic acid groups (broad SMARTS) is 2. The Morgan fingerprint density at radius 3 is 2.02 bits per heavy atom. The van der Waals surface area contributed by atoms with Crippen LogP contribution >= 0.6 is 0 Å². The summed E-state index contributed by atoms with van der Waals surface area (Å²) in [6, 6.07) is 13.2. The Morgan fingerprint density at radius 2 is 1.56 bits per heavy atom. The van der Waals surface area contributed by atoms with Gasteiger partial charge in [-0.25, -0.2) is 4.98 Å². The SMILES string of the molecule is CC(=O)O.CC(=O)O.CNC(=O)Cn1c(-c2cc(N)cc(NCCC(C)(C)C)c2)cnc(NC(C)C)c1=O.Cc1ccc(C(=N)N)cc1. The number of likely N-dealkylation sites (N-methyl/N-ethyl adjacent to an activating group) is 1. The van der Waals surface area contributed by atoms with E-state index < -0.39 is 11.9 Å². The number of rotatable bonds is 9. The minimum absolute atomic E-state index is 0.0375. The molecule has 1 amide bonds. The first-order chi connectivity index (χ1) is 22.2. The molecule has 3 rings (SSSR count). The minimum Gasteiger partial charge on any atom is -0.481 e. The number of aromatic nitrogens is 2. The van der Waals surface area contributed by atoms with Gasteiger partial charge in [0.05, 0.1) is 11.9 Å². The molecular formula is C34H52N8O6. The highest BCUT2D eigenvalue weighted by atomic mass is 16.4. The molecule has 1 aromatic heterocycles. The van der Waals surface area contributed by atoms with Gasteiger partial charge in [0, 0.05) is 56.0 Å². The summed E-state index contributed by atoms with van der Waals surface area (Å²) in [4.78, 5) is 47.4. The third-order valence-corrected chi connectivity index (χ3v) is 5.88. The number of nitrogens with one attached hydrogen (secondary N) is 4. The Hall–Kier alpha value is -5.40. The van der Waals surface area contributed by atoms with Crippen molar-refractivity contribution in [2.75, 3.05) is 30.0 Å². The second-order valence-electron chi connectivity index (χ2n) is 12.3. The van der Waals surface area contributed by atoms with Gasteiger partial charge in [-0.1, -0.05) is 50.6 Å². The van der Waals surface area contributed by atoms with Gasteiger partial charge in [0.15, 0.2) is 5.82 Å². The average Bonchev–Trinajstić information content (AvgIpc) is 2.94. The molecule has 48 heavy (non-hydrogen) atoms. The van der Waals surface area contributed by atoms with Gasteiger partial charge in [-0.15, -0.1) is 0 Å². The minimum atomic E-state index is -0.833. The van der Waals surface area contributed by atoms with Crippen LogP contribution in [0.5, 0.6) is 0 Å². The first-order valence-corrected chi connectivity index (χ1v) is 15.2. The van der Waals surface area contributed by atoms with Crippen LogP contribution in [0.2, 0.25) is 0 Å².